The van der Waals surface area contributed by atoms with Crippen LogP contribution in [0.4, 0.5) is 11.6 Å². The topological polar surface area (TPSA) is 98.0 Å². The van der Waals surface area contributed by atoms with Crippen LogP contribution in [0.3, 0.4) is 0 Å². The number of hydrogen-bond donors (Lipinski definition) is 2. The van der Waals surface area contributed by atoms with E-state index in [1.807, 2.05) is 13.0 Å². The summed E-state index contributed by atoms with van der Waals surface area (Å²) in [6, 6.07) is 4.73. The van der Waals surface area contributed by atoms with E-state index in [0.717, 1.165) is 17.5 Å². The first-order chi connectivity index (χ1) is 9.28. The Morgan fingerprint density at radius 3 is 2.55 bits per heavy atom. The SMILES string of the molecule is Cc1cc(C)nc(NS(=O)(=O)c2cnc(N)c(Cl)c2)c1. The zero-order valence-electron chi connectivity index (χ0n) is 10.9. The molecule has 0 radical (unpaired) electrons. The van der Waals surface area contributed by atoms with Crippen molar-refractivity contribution in [3.05, 3.63) is 40.7 Å². The maximum absolute atomic E-state index is 12.2. The van der Waals surface area contributed by atoms with Gasteiger partial charge in [-0.15, -0.1) is 0 Å². The maximum atomic E-state index is 12.2. The Morgan fingerprint density at radius 2 is 1.95 bits per heavy atom. The molecular weight excluding hydrogens is 300 g/mol. The molecule has 3 N–H and O–H groups in total. The maximum Gasteiger partial charge on any atom is 0.264 e. The van der Waals surface area contributed by atoms with Crippen molar-refractivity contribution in [2.45, 2.75) is 18.7 Å². The second kappa shape index (κ2) is 5.26. The third kappa shape index (κ3) is 3.17. The lowest BCUT2D eigenvalue weighted by atomic mass is 10.2. The van der Waals surface area contributed by atoms with Crippen LogP contribution in [-0.2, 0) is 10.0 Å². The zero-order valence-corrected chi connectivity index (χ0v) is 12.5. The van der Waals surface area contributed by atoms with E-state index in [1.54, 1.807) is 13.0 Å². The first kappa shape index (κ1) is 14.5. The van der Waals surface area contributed by atoms with Gasteiger partial charge in [0.15, 0.2) is 0 Å². The summed E-state index contributed by atoms with van der Waals surface area (Å²) < 4.78 is 26.8. The van der Waals surface area contributed by atoms with Gasteiger partial charge in [0, 0.05) is 11.9 Å². The first-order valence-electron chi connectivity index (χ1n) is 5.67. The van der Waals surface area contributed by atoms with Gasteiger partial charge in [-0.3, -0.25) is 4.72 Å². The molecule has 106 valence electrons. The number of aromatic nitrogens is 2. The highest BCUT2D eigenvalue weighted by atomic mass is 35.5. The highest BCUT2D eigenvalue weighted by molar-refractivity contribution is 7.92. The van der Waals surface area contributed by atoms with E-state index in [1.165, 1.54) is 6.07 Å². The van der Waals surface area contributed by atoms with Crippen LogP contribution in [-0.4, -0.2) is 18.4 Å². The average molecular weight is 313 g/mol. The number of nitrogen functional groups attached to an aromatic ring is 1. The van der Waals surface area contributed by atoms with Crippen molar-refractivity contribution in [1.29, 1.82) is 0 Å². The number of nitrogens with one attached hydrogen (secondary N) is 1. The standard InChI is InChI=1S/C12H13ClN4O2S/c1-7-3-8(2)16-11(4-7)17-20(18,19)9-5-10(13)12(14)15-6-9/h3-6H,1-2H3,(H2,14,15)(H,16,17). The normalized spacial score (nSPS) is 11.3. The lowest BCUT2D eigenvalue weighted by Gasteiger charge is -2.09. The summed E-state index contributed by atoms with van der Waals surface area (Å²) in [5.74, 6) is 0.325. The molecule has 2 aromatic rings. The number of anilines is 2. The number of hydrogen-bond acceptors (Lipinski definition) is 5. The summed E-state index contributed by atoms with van der Waals surface area (Å²) in [7, 11) is -3.80. The van der Waals surface area contributed by atoms with E-state index < -0.39 is 10.0 Å². The predicted molar refractivity (Wildman–Crippen MR) is 78.2 cm³/mol. The molecule has 0 spiro atoms. The summed E-state index contributed by atoms with van der Waals surface area (Å²) in [6.45, 7) is 3.64. The predicted octanol–water partition coefficient (Wildman–Crippen LogP) is 2.13. The fourth-order valence-corrected chi connectivity index (χ4v) is 2.86. The van der Waals surface area contributed by atoms with E-state index in [2.05, 4.69) is 14.7 Å². The minimum absolute atomic E-state index is 0.0716. The minimum atomic E-state index is -3.80. The average Bonchev–Trinajstić information content (AvgIpc) is 2.30. The fourth-order valence-electron chi connectivity index (χ4n) is 1.67. The Hall–Kier alpha value is -1.86. The molecule has 20 heavy (non-hydrogen) atoms. The molecule has 0 saturated carbocycles. The molecule has 0 aliphatic heterocycles. The Bertz CT molecular complexity index is 742. The van der Waals surface area contributed by atoms with Gasteiger partial charge in [-0.25, -0.2) is 18.4 Å². The lowest BCUT2D eigenvalue weighted by Crippen LogP contribution is -2.15. The van der Waals surface area contributed by atoms with Gasteiger partial charge in [-0.2, -0.15) is 0 Å². The number of nitrogens with zero attached hydrogens (tertiary/aromatic N) is 2. The molecule has 6 nitrogen and oxygen atoms in total. The third-order valence-electron chi connectivity index (χ3n) is 2.49. The molecule has 0 unspecified atom stereocenters. The van der Waals surface area contributed by atoms with Crippen LogP contribution < -0.4 is 10.5 Å². The first-order valence-corrected chi connectivity index (χ1v) is 7.53. The Balaban J connectivity index is 2.37. The number of nitrogens with two attached hydrogens (primary N) is 1. The molecule has 0 atom stereocenters. The number of sulfonamides is 1. The molecule has 2 rings (SSSR count). The van der Waals surface area contributed by atoms with E-state index in [-0.39, 0.29) is 21.6 Å². The van der Waals surface area contributed by atoms with E-state index in [9.17, 15) is 8.42 Å². The van der Waals surface area contributed by atoms with Crippen LogP contribution in [0.25, 0.3) is 0 Å². The molecule has 2 heterocycles. The summed E-state index contributed by atoms with van der Waals surface area (Å²) in [4.78, 5) is 7.77. The summed E-state index contributed by atoms with van der Waals surface area (Å²) in [5, 5.41) is 0.0845. The number of rotatable bonds is 3. The summed E-state index contributed by atoms with van der Waals surface area (Å²) in [6.07, 6.45) is 1.15. The zero-order chi connectivity index (χ0) is 14.9. The van der Waals surface area contributed by atoms with Crippen molar-refractivity contribution in [2.75, 3.05) is 10.5 Å². The van der Waals surface area contributed by atoms with Crippen LogP contribution in [0.2, 0.25) is 5.02 Å². The quantitative estimate of drug-likeness (QED) is 0.904. The molecule has 0 aliphatic carbocycles. The van der Waals surface area contributed by atoms with Gasteiger partial charge in [0.25, 0.3) is 10.0 Å². The summed E-state index contributed by atoms with van der Waals surface area (Å²) >= 11 is 5.78. The van der Waals surface area contributed by atoms with Crippen molar-refractivity contribution in [2.24, 2.45) is 0 Å². The molecular formula is C12H13ClN4O2S. The largest absolute Gasteiger partial charge is 0.382 e. The van der Waals surface area contributed by atoms with Gasteiger partial charge in [0.2, 0.25) is 0 Å². The molecule has 0 saturated heterocycles. The summed E-state index contributed by atoms with van der Waals surface area (Å²) in [5.41, 5.74) is 7.08. The van der Waals surface area contributed by atoms with Gasteiger partial charge in [-0.1, -0.05) is 11.6 Å². The smallest absolute Gasteiger partial charge is 0.264 e. The van der Waals surface area contributed by atoms with Gasteiger partial charge in [0.05, 0.1) is 5.02 Å². The Morgan fingerprint density at radius 1 is 1.25 bits per heavy atom. The molecule has 0 aliphatic rings. The fraction of sp³-hybridized carbons (Fsp3) is 0.167. The highest BCUT2D eigenvalue weighted by Crippen LogP contribution is 2.21. The second-order valence-corrected chi connectivity index (χ2v) is 6.40. The Labute approximate surface area is 122 Å². The number of pyridine rings is 2. The van der Waals surface area contributed by atoms with Crippen LogP contribution in [0, 0.1) is 13.8 Å². The van der Waals surface area contributed by atoms with Crippen LogP contribution >= 0.6 is 11.6 Å². The van der Waals surface area contributed by atoms with E-state index in [4.69, 9.17) is 17.3 Å². The lowest BCUT2D eigenvalue weighted by molar-refractivity contribution is 0.600. The van der Waals surface area contributed by atoms with Crippen molar-refractivity contribution in [1.82, 2.24) is 9.97 Å². The van der Waals surface area contributed by atoms with Gasteiger partial charge in [0.1, 0.15) is 16.5 Å². The van der Waals surface area contributed by atoms with Crippen molar-refractivity contribution in [3.8, 4) is 0 Å². The minimum Gasteiger partial charge on any atom is -0.382 e. The highest BCUT2D eigenvalue weighted by Gasteiger charge is 2.17. The number of aryl methyl sites for hydroxylation is 2. The molecule has 0 fully saturated rings. The van der Waals surface area contributed by atoms with Crippen LogP contribution in [0.15, 0.2) is 29.3 Å². The number of halogens is 1. The van der Waals surface area contributed by atoms with Crippen molar-refractivity contribution in [3.63, 3.8) is 0 Å². The second-order valence-electron chi connectivity index (χ2n) is 4.31. The molecule has 0 bridgehead atoms. The molecule has 0 aromatic carbocycles. The van der Waals surface area contributed by atoms with Gasteiger partial charge in [-0.05, 0) is 37.6 Å². The third-order valence-corrected chi connectivity index (χ3v) is 4.12. The van der Waals surface area contributed by atoms with Crippen molar-refractivity contribution < 1.29 is 8.42 Å². The van der Waals surface area contributed by atoms with Crippen LogP contribution in [0.1, 0.15) is 11.3 Å². The Kier molecular flexibility index (Phi) is 3.82. The molecule has 8 heteroatoms. The molecule has 0 amide bonds. The monoisotopic (exact) mass is 312 g/mol. The van der Waals surface area contributed by atoms with Crippen molar-refractivity contribution >= 4 is 33.3 Å². The van der Waals surface area contributed by atoms with Crippen LogP contribution in [0.5, 0.6) is 0 Å². The van der Waals surface area contributed by atoms with E-state index in [0.29, 0.717) is 0 Å². The van der Waals surface area contributed by atoms with Gasteiger partial charge < -0.3 is 5.73 Å². The molecule has 2 aromatic heterocycles. The van der Waals surface area contributed by atoms with Gasteiger partial charge >= 0.3 is 0 Å². The van der Waals surface area contributed by atoms with E-state index >= 15 is 0 Å².